The molecule has 0 spiro atoms. The number of hydrogen-bond acceptors (Lipinski definition) is 2. The van der Waals surface area contributed by atoms with Crippen LogP contribution in [0.2, 0.25) is 0 Å². The Hall–Kier alpha value is -2.25. The predicted octanol–water partition coefficient (Wildman–Crippen LogP) is 3.91. The fourth-order valence-corrected chi connectivity index (χ4v) is 3.13. The second-order valence-electron chi connectivity index (χ2n) is 6.92. The van der Waals surface area contributed by atoms with Gasteiger partial charge in [0.2, 0.25) is 0 Å². The Morgan fingerprint density at radius 1 is 1.31 bits per heavy atom. The first-order valence-electron chi connectivity index (χ1n) is 8.55. The molecule has 0 aliphatic carbocycles. The van der Waals surface area contributed by atoms with Gasteiger partial charge >= 0.3 is 18.2 Å². The number of piperidine rings is 1. The summed E-state index contributed by atoms with van der Waals surface area (Å²) in [7, 11) is 0. The standard InChI is InChI=1S/C18H23F3N2O3/c1-11(2)15(12-5-3-7-14(9-12)18(19,20)21)22-17(26)23-8-4-6-13(10-23)16(24)25/h3,5,7,9,11,13,15H,4,6,8,10H2,1-2H3,(H,22,26)(H,24,25). The molecule has 0 saturated carbocycles. The number of carbonyl (C=O) groups excluding carboxylic acids is 1. The predicted molar refractivity (Wildman–Crippen MR) is 89.5 cm³/mol. The molecule has 1 aromatic carbocycles. The van der Waals surface area contributed by atoms with E-state index in [9.17, 15) is 22.8 Å². The smallest absolute Gasteiger partial charge is 0.416 e. The van der Waals surface area contributed by atoms with Crippen molar-refractivity contribution >= 4 is 12.0 Å². The zero-order chi connectivity index (χ0) is 19.5. The van der Waals surface area contributed by atoms with Gasteiger partial charge in [0.1, 0.15) is 0 Å². The van der Waals surface area contributed by atoms with Gasteiger partial charge in [-0.1, -0.05) is 26.0 Å². The highest BCUT2D eigenvalue weighted by Crippen LogP contribution is 2.32. The van der Waals surface area contributed by atoms with Crippen molar-refractivity contribution < 1.29 is 27.9 Å². The van der Waals surface area contributed by atoms with E-state index in [0.717, 1.165) is 12.1 Å². The summed E-state index contributed by atoms with van der Waals surface area (Å²) in [5.41, 5.74) is -0.395. The molecule has 1 saturated heterocycles. The van der Waals surface area contributed by atoms with Crippen molar-refractivity contribution in [2.24, 2.45) is 11.8 Å². The molecule has 26 heavy (non-hydrogen) atoms. The Bertz CT molecular complexity index is 661. The number of carboxylic acid groups (broad SMARTS) is 1. The molecule has 1 heterocycles. The first kappa shape index (κ1) is 20.1. The van der Waals surface area contributed by atoms with Crippen LogP contribution in [0.1, 0.15) is 43.9 Å². The molecule has 2 unspecified atom stereocenters. The van der Waals surface area contributed by atoms with Gasteiger partial charge < -0.3 is 15.3 Å². The number of carboxylic acids is 1. The third-order valence-corrected chi connectivity index (χ3v) is 4.58. The van der Waals surface area contributed by atoms with E-state index in [0.29, 0.717) is 24.9 Å². The molecule has 0 bridgehead atoms. The number of carbonyl (C=O) groups is 2. The second-order valence-corrected chi connectivity index (χ2v) is 6.92. The van der Waals surface area contributed by atoms with Gasteiger partial charge in [-0.3, -0.25) is 4.79 Å². The normalized spacial score (nSPS) is 19.3. The molecule has 144 valence electrons. The van der Waals surface area contributed by atoms with Crippen LogP contribution < -0.4 is 5.32 Å². The lowest BCUT2D eigenvalue weighted by atomic mass is 9.94. The molecule has 5 nitrogen and oxygen atoms in total. The Labute approximate surface area is 150 Å². The van der Waals surface area contributed by atoms with Crippen molar-refractivity contribution in [3.05, 3.63) is 35.4 Å². The van der Waals surface area contributed by atoms with Crippen LogP contribution in [0.5, 0.6) is 0 Å². The van der Waals surface area contributed by atoms with Gasteiger partial charge in [0, 0.05) is 13.1 Å². The largest absolute Gasteiger partial charge is 0.481 e. The molecule has 2 amide bonds. The number of hydrogen-bond donors (Lipinski definition) is 2. The molecule has 1 aliphatic heterocycles. The third-order valence-electron chi connectivity index (χ3n) is 4.58. The summed E-state index contributed by atoms with van der Waals surface area (Å²) in [5, 5.41) is 11.9. The number of alkyl halides is 3. The summed E-state index contributed by atoms with van der Waals surface area (Å²) in [5.74, 6) is -1.69. The van der Waals surface area contributed by atoms with E-state index < -0.39 is 35.7 Å². The lowest BCUT2D eigenvalue weighted by Crippen LogP contribution is -2.48. The van der Waals surface area contributed by atoms with E-state index in [1.54, 1.807) is 6.07 Å². The first-order chi connectivity index (χ1) is 12.1. The zero-order valence-electron chi connectivity index (χ0n) is 14.7. The minimum atomic E-state index is -4.46. The molecule has 8 heteroatoms. The number of rotatable bonds is 4. The van der Waals surface area contributed by atoms with E-state index in [2.05, 4.69) is 5.32 Å². The van der Waals surface area contributed by atoms with Crippen molar-refractivity contribution in [2.75, 3.05) is 13.1 Å². The molecule has 1 aromatic rings. The van der Waals surface area contributed by atoms with Crippen LogP contribution in [0.25, 0.3) is 0 Å². The Balaban J connectivity index is 2.16. The summed E-state index contributed by atoms with van der Waals surface area (Å²) in [6.07, 6.45) is -3.36. The molecule has 2 rings (SSSR count). The van der Waals surface area contributed by atoms with Gasteiger partial charge in [0.05, 0.1) is 17.5 Å². The monoisotopic (exact) mass is 372 g/mol. The molecule has 0 aromatic heterocycles. The number of aliphatic carboxylic acids is 1. The van der Waals surface area contributed by atoms with E-state index in [4.69, 9.17) is 5.11 Å². The van der Waals surface area contributed by atoms with Crippen molar-refractivity contribution in [2.45, 2.75) is 38.9 Å². The number of halogens is 3. The maximum absolute atomic E-state index is 13.0. The van der Waals surface area contributed by atoms with E-state index in [1.807, 2.05) is 13.8 Å². The Morgan fingerprint density at radius 2 is 2.00 bits per heavy atom. The van der Waals surface area contributed by atoms with E-state index in [1.165, 1.54) is 11.0 Å². The van der Waals surface area contributed by atoms with Crippen LogP contribution in [0.15, 0.2) is 24.3 Å². The minimum absolute atomic E-state index is 0.106. The van der Waals surface area contributed by atoms with Gasteiger partial charge in [-0.25, -0.2) is 4.79 Å². The lowest BCUT2D eigenvalue weighted by Gasteiger charge is -2.33. The zero-order valence-corrected chi connectivity index (χ0v) is 14.7. The lowest BCUT2D eigenvalue weighted by molar-refractivity contribution is -0.143. The third kappa shape index (κ3) is 4.89. The fourth-order valence-electron chi connectivity index (χ4n) is 3.13. The van der Waals surface area contributed by atoms with Crippen LogP contribution in [-0.2, 0) is 11.0 Å². The molecule has 2 N–H and O–H groups in total. The Kier molecular flexibility index (Phi) is 6.15. The van der Waals surface area contributed by atoms with E-state index >= 15 is 0 Å². The van der Waals surface area contributed by atoms with Crippen LogP contribution >= 0.6 is 0 Å². The van der Waals surface area contributed by atoms with Crippen LogP contribution in [0, 0.1) is 11.8 Å². The number of benzene rings is 1. The van der Waals surface area contributed by atoms with Gasteiger partial charge in [-0.05, 0) is 36.5 Å². The average molecular weight is 372 g/mol. The SMILES string of the molecule is CC(C)C(NC(=O)N1CCCC(C(=O)O)C1)c1cccc(C(F)(F)F)c1. The molecular weight excluding hydrogens is 349 g/mol. The molecule has 1 fully saturated rings. The second kappa shape index (κ2) is 7.97. The Morgan fingerprint density at radius 3 is 2.58 bits per heavy atom. The first-order valence-corrected chi connectivity index (χ1v) is 8.55. The van der Waals surface area contributed by atoms with Gasteiger partial charge in [-0.2, -0.15) is 13.2 Å². The number of urea groups is 1. The topological polar surface area (TPSA) is 69.6 Å². The van der Waals surface area contributed by atoms with Crippen LogP contribution in [0.3, 0.4) is 0 Å². The maximum Gasteiger partial charge on any atom is 0.416 e. The summed E-state index contributed by atoms with van der Waals surface area (Å²) >= 11 is 0. The average Bonchev–Trinajstić information content (AvgIpc) is 2.58. The summed E-state index contributed by atoms with van der Waals surface area (Å²) in [6, 6.07) is 3.85. The molecule has 0 radical (unpaired) electrons. The quantitative estimate of drug-likeness (QED) is 0.842. The summed E-state index contributed by atoms with van der Waals surface area (Å²) in [4.78, 5) is 25.1. The van der Waals surface area contributed by atoms with Gasteiger partial charge in [0.15, 0.2) is 0 Å². The van der Waals surface area contributed by atoms with Crippen LogP contribution in [0.4, 0.5) is 18.0 Å². The summed E-state index contributed by atoms with van der Waals surface area (Å²) < 4.78 is 38.9. The minimum Gasteiger partial charge on any atom is -0.481 e. The highest BCUT2D eigenvalue weighted by molar-refractivity contribution is 5.77. The van der Waals surface area contributed by atoms with E-state index in [-0.39, 0.29) is 12.5 Å². The van der Waals surface area contributed by atoms with Crippen molar-refractivity contribution in [3.63, 3.8) is 0 Å². The number of nitrogens with one attached hydrogen (secondary N) is 1. The fraction of sp³-hybridized carbons (Fsp3) is 0.556. The molecule has 2 atom stereocenters. The van der Waals surface area contributed by atoms with Crippen molar-refractivity contribution in [1.29, 1.82) is 0 Å². The van der Waals surface area contributed by atoms with Crippen molar-refractivity contribution in [1.82, 2.24) is 10.2 Å². The maximum atomic E-state index is 13.0. The highest BCUT2D eigenvalue weighted by Gasteiger charge is 2.33. The van der Waals surface area contributed by atoms with Crippen LogP contribution in [-0.4, -0.2) is 35.1 Å². The molecular formula is C18H23F3N2O3. The molecule has 1 aliphatic rings. The van der Waals surface area contributed by atoms with Gasteiger partial charge in [0.25, 0.3) is 0 Å². The van der Waals surface area contributed by atoms with Gasteiger partial charge in [-0.15, -0.1) is 0 Å². The number of nitrogens with zero attached hydrogens (tertiary/aromatic N) is 1. The summed E-state index contributed by atoms with van der Waals surface area (Å²) in [6.45, 7) is 4.15. The number of amides is 2. The van der Waals surface area contributed by atoms with Crippen molar-refractivity contribution in [3.8, 4) is 0 Å². The number of likely N-dealkylation sites (tertiary alicyclic amines) is 1. The highest BCUT2D eigenvalue weighted by atomic mass is 19.4.